The number of carbonyl (C=O) groups excluding carboxylic acids is 1. The lowest BCUT2D eigenvalue weighted by molar-refractivity contribution is 0.0955. The Morgan fingerprint density at radius 2 is 1.87 bits per heavy atom. The number of pyridine rings is 1. The van der Waals surface area contributed by atoms with Gasteiger partial charge in [-0.05, 0) is 42.7 Å². The second-order valence-electron chi connectivity index (χ2n) is 7.65. The Kier molecular flexibility index (Phi) is 6.68. The van der Waals surface area contributed by atoms with Crippen molar-refractivity contribution in [3.63, 3.8) is 0 Å². The summed E-state index contributed by atoms with van der Waals surface area (Å²) in [7, 11) is 0. The van der Waals surface area contributed by atoms with Gasteiger partial charge in [-0.15, -0.1) is 0 Å². The highest BCUT2D eigenvalue weighted by Gasteiger charge is 2.24. The Hall–Kier alpha value is -3.52. The van der Waals surface area contributed by atoms with Crippen molar-refractivity contribution in [2.75, 3.05) is 10.6 Å². The molecule has 1 aliphatic rings. The maximum atomic E-state index is 12.3. The molecular weight excluding hydrogens is 392 g/mol. The van der Waals surface area contributed by atoms with Gasteiger partial charge in [-0.2, -0.15) is 0 Å². The van der Waals surface area contributed by atoms with E-state index in [1.165, 1.54) is 0 Å². The molecule has 0 aliphatic heterocycles. The first-order valence-electron chi connectivity index (χ1n) is 10.5. The number of aliphatic hydroxyl groups excluding tert-OH is 1. The summed E-state index contributed by atoms with van der Waals surface area (Å²) in [4.78, 5) is 25.1. The molecule has 2 atom stereocenters. The number of nitrogens with zero attached hydrogens (tertiary/aromatic N) is 3. The van der Waals surface area contributed by atoms with Crippen LogP contribution in [-0.2, 0) is 6.54 Å². The number of rotatable bonds is 6. The van der Waals surface area contributed by atoms with Crippen LogP contribution in [-0.4, -0.2) is 38.2 Å². The summed E-state index contributed by atoms with van der Waals surface area (Å²) in [6, 6.07) is 10.9. The predicted molar refractivity (Wildman–Crippen MR) is 119 cm³/mol. The first kappa shape index (κ1) is 20.7. The molecule has 2 heterocycles. The van der Waals surface area contributed by atoms with E-state index in [-0.39, 0.29) is 12.1 Å². The summed E-state index contributed by atoms with van der Waals surface area (Å²) < 4.78 is 0. The van der Waals surface area contributed by atoms with Crippen LogP contribution in [0.15, 0.2) is 61.2 Å². The predicted octanol–water partition coefficient (Wildman–Crippen LogP) is 3.58. The van der Waals surface area contributed by atoms with Crippen LogP contribution in [0.5, 0.6) is 0 Å². The fourth-order valence-electron chi connectivity index (χ4n) is 3.69. The van der Waals surface area contributed by atoms with Crippen LogP contribution < -0.4 is 16.0 Å². The van der Waals surface area contributed by atoms with Crippen LogP contribution in [0.25, 0.3) is 11.4 Å². The summed E-state index contributed by atoms with van der Waals surface area (Å²) >= 11 is 0. The van der Waals surface area contributed by atoms with Gasteiger partial charge in [0.25, 0.3) is 0 Å². The van der Waals surface area contributed by atoms with Crippen molar-refractivity contribution < 1.29 is 9.90 Å². The molecule has 3 aromatic rings. The molecule has 8 nitrogen and oxygen atoms in total. The van der Waals surface area contributed by atoms with Gasteiger partial charge >= 0.3 is 6.03 Å². The number of hydrogen-bond donors (Lipinski definition) is 4. The lowest BCUT2D eigenvalue weighted by atomic mass is 9.93. The van der Waals surface area contributed by atoms with E-state index < -0.39 is 6.10 Å². The topological polar surface area (TPSA) is 112 Å². The number of carbonyl (C=O) groups is 1. The van der Waals surface area contributed by atoms with Crippen molar-refractivity contribution in [1.29, 1.82) is 0 Å². The Labute approximate surface area is 181 Å². The molecular formula is C23H26N6O2. The number of aliphatic hydroxyl groups is 1. The molecule has 0 unspecified atom stereocenters. The Morgan fingerprint density at radius 1 is 1.03 bits per heavy atom. The minimum absolute atomic E-state index is 0.188. The average molecular weight is 419 g/mol. The van der Waals surface area contributed by atoms with Gasteiger partial charge in [0.15, 0.2) is 5.82 Å². The fourth-order valence-corrected chi connectivity index (χ4v) is 3.69. The quantitative estimate of drug-likeness (QED) is 0.487. The summed E-state index contributed by atoms with van der Waals surface area (Å²) in [5, 5.41) is 19.1. The van der Waals surface area contributed by atoms with Gasteiger partial charge in [0.2, 0.25) is 0 Å². The lowest BCUT2D eigenvalue weighted by Crippen LogP contribution is -2.46. The molecule has 8 heteroatoms. The largest absolute Gasteiger partial charge is 0.391 e. The average Bonchev–Trinajstić information content (AvgIpc) is 2.80. The fraction of sp³-hybridized carbons (Fsp3) is 0.304. The van der Waals surface area contributed by atoms with Gasteiger partial charge in [0, 0.05) is 42.6 Å². The first-order chi connectivity index (χ1) is 15.2. The SMILES string of the molecule is O=C(Nc1cccc(CNc2cncc(-c3ncccn3)c2)c1)N[C@@H]1CCCC[C@@H]1O. The Bertz CT molecular complexity index is 1010. The second kappa shape index (κ2) is 9.99. The molecule has 4 N–H and O–H groups in total. The molecule has 160 valence electrons. The van der Waals surface area contributed by atoms with Crippen LogP contribution in [0.4, 0.5) is 16.2 Å². The molecule has 0 saturated heterocycles. The van der Waals surface area contributed by atoms with Gasteiger partial charge in [0.05, 0.1) is 17.8 Å². The van der Waals surface area contributed by atoms with Gasteiger partial charge in [-0.25, -0.2) is 14.8 Å². The van der Waals surface area contributed by atoms with Gasteiger partial charge < -0.3 is 21.1 Å². The Balaban J connectivity index is 1.34. The minimum Gasteiger partial charge on any atom is -0.391 e. The van der Waals surface area contributed by atoms with Crippen molar-refractivity contribution in [1.82, 2.24) is 20.3 Å². The molecule has 4 rings (SSSR count). The van der Waals surface area contributed by atoms with Crippen LogP contribution >= 0.6 is 0 Å². The minimum atomic E-state index is -0.472. The molecule has 0 radical (unpaired) electrons. The molecule has 2 amide bonds. The molecule has 1 saturated carbocycles. The summed E-state index contributed by atoms with van der Waals surface area (Å²) in [5.74, 6) is 0.624. The van der Waals surface area contributed by atoms with Gasteiger partial charge in [-0.3, -0.25) is 4.98 Å². The monoisotopic (exact) mass is 418 g/mol. The van der Waals surface area contributed by atoms with E-state index >= 15 is 0 Å². The number of amides is 2. The highest BCUT2D eigenvalue weighted by Crippen LogP contribution is 2.20. The number of anilines is 2. The maximum absolute atomic E-state index is 12.3. The number of benzene rings is 1. The molecule has 1 aromatic carbocycles. The summed E-state index contributed by atoms with van der Waals surface area (Å²) in [6.07, 6.45) is 9.98. The molecule has 1 aliphatic carbocycles. The van der Waals surface area contributed by atoms with Gasteiger partial charge in [-0.1, -0.05) is 25.0 Å². The number of urea groups is 1. The maximum Gasteiger partial charge on any atom is 0.319 e. The zero-order chi connectivity index (χ0) is 21.5. The van der Waals surface area contributed by atoms with E-state index in [0.29, 0.717) is 18.1 Å². The number of nitrogens with one attached hydrogen (secondary N) is 3. The number of hydrogen-bond acceptors (Lipinski definition) is 6. The highest BCUT2D eigenvalue weighted by atomic mass is 16.3. The lowest BCUT2D eigenvalue weighted by Gasteiger charge is -2.28. The van der Waals surface area contributed by atoms with Gasteiger partial charge in [0.1, 0.15) is 0 Å². The van der Waals surface area contributed by atoms with E-state index in [1.54, 1.807) is 30.9 Å². The van der Waals surface area contributed by atoms with Crippen molar-refractivity contribution in [3.05, 3.63) is 66.7 Å². The van der Waals surface area contributed by atoms with Crippen LogP contribution in [0.2, 0.25) is 0 Å². The van der Waals surface area contributed by atoms with E-state index in [2.05, 4.69) is 30.9 Å². The van der Waals surface area contributed by atoms with E-state index in [9.17, 15) is 9.90 Å². The molecule has 31 heavy (non-hydrogen) atoms. The number of aromatic nitrogens is 3. The van der Waals surface area contributed by atoms with E-state index in [1.807, 2.05) is 30.3 Å². The van der Waals surface area contributed by atoms with Crippen molar-refractivity contribution in [3.8, 4) is 11.4 Å². The molecule has 0 bridgehead atoms. The van der Waals surface area contributed by atoms with E-state index in [0.717, 1.165) is 42.5 Å². The molecule has 0 spiro atoms. The highest BCUT2D eigenvalue weighted by molar-refractivity contribution is 5.89. The smallest absolute Gasteiger partial charge is 0.319 e. The zero-order valence-electron chi connectivity index (χ0n) is 17.2. The van der Waals surface area contributed by atoms with Crippen LogP contribution in [0.3, 0.4) is 0 Å². The van der Waals surface area contributed by atoms with Crippen LogP contribution in [0.1, 0.15) is 31.2 Å². The molecule has 2 aromatic heterocycles. The Morgan fingerprint density at radius 3 is 2.71 bits per heavy atom. The summed E-state index contributed by atoms with van der Waals surface area (Å²) in [6.45, 7) is 0.569. The first-order valence-corrected chi connectivity index (χ1v) is 10.5. The zero-order valence-corrected chi connectivity index (χ0v) is 17.2. The van der Waals surface area contributed by atoms with Crippen molar-refractivity contribution >= 4 is 17.4 Å². The third-order valence-corrected chi connectivity index (χ3v) is 5.29. The standard InChI is InChI=1S/C23H26N6O2/c30-21-8-2-1-7-20(21)29-23(31)28-18-6-3-5-16(11-18)13-27-19-12-17(14-24-15-19)22-25-9-4-10-26-22/h3-6,9-12,14-15,20-21,27,30H,1-2,7-8,13H2,(H2,28,29,31)/t20-,21+/m1/s1. The van der Waals surface area contributed by atoms with Crippen molar-refractivity contribution in [2.45, 2.75) is 44.4 Å². The second-order valence-corrected chi connectivity index (χ2v) is 7.65. The third kappa shape index (κ3) is 5.76. The normalized spacial score (nSPS) is 18.2. The van der Waals surface area contributed by atoms with E-state index in [4.69, 9.17) is 0 Å². The molecule has 1 fully saturated rings. The van der Waals surface area contributed by atoms with Crippen molar-refractivity contribution in [2.24, 2.45) is 0 Å². The third-order valence-electron chi connectivity index (χ3n) is 5.29. The summed E-state index contributed by atoms with van der Waals surface area (Å²) in [5.41, 5.74) is 3.40. The van der Waals surface area contributed by atoms with Crippen LogP contribution in [0, 0.1) is 0 Å².